The van der Waals surface area contributed by atoms with Crippen LogP contribution in [0.1, 0.15) is 24.1 Å². The summed E-state index contributed by atoms with van der Waals surface area (Å²) in [5, 5.41) is 4.39. The Kier molecular flexibility index (Phi) is 3.52. The third-order valence-electron chi connectivity index (χ3n) is 6.42. The summed E-state index contributed by atoms with van der Waals surface area (Å²) in [5.74, 6) is 1.14. The second-order valence-corrected chi connectivity index (χ2v) is 7.78. The van der Waals surface area contributed by atoms with Gasteiger partial charge >= 0.3 is 6.03 Å². The molecule has 5 heteroatoms. The third-order valence-corrected chi connectivity index (χ3v) is 6.42. The van der Waals surface area contributed by atoms with Gasteiger partial charge < -0.3 is 19.9 Å². The molecule has 3 aliphatic heterocycles. The number of hydrogen-bond acceptors (Lipinski definition) is 2. The number of carbonyl (C=O) groups excluding carboxylic acids is 1. The molecular formula is C20H25N3O2. The monoisotopic (exact) mass is 339 g/mol. The topological polar surface area (TPSA) is 57.4 Å². The Morgan fingerprint density at radius 2 is 1.96 bits per heavy atom. The second kappa shape index (κ2) is 5.77. The lowest BCUT2D eigenvalue weighted by molar-refractivity contribution is 0.0739. The molecule has 2 aromatic rings. The van der Waals surface area contributed by atoms with Crippen LogP contribution in [-0.4, -0.2) is 47.8 Å². The Morgan fingerprint density at radius 1 is 1.24 bits per heavy atom. The lowest BCUT2D eigenvalue weighted by atomic mass is 9.82. The van der Waals surface area contributed by atoms with Crippen LogP contribution < -0.4 is 5.32 Å². The van der Waals surface area contributed by atoms with Crippen molar-refractivity contribution in [3.63, 3.8) is 0 Å². The number of carbonyl (C=O) groups is 1. The number of H-pyrrole nitrogens is 1. The first-order valence-corrected chi connectivity index (χ1v) is 9.45. The minimum absolute atomic E-state index is 0.0892. The summed E-state index contributed by atoms with van der Waals surface area (Å²) < 4.78 is 5.99. The maximum atomic E-state index is 12.6. The van der Waals surface area contributed by atoms with E-state index in [4.69, 9.17) is 4.74 Å². The van der Waals surface area contributed by atoms with Crippen molar-refractivity contribution >= 4 is 16.9 Å². The van der Waals surface area contributed by atoms with Crippen molar-refractivity contribution in [3.05, 3.63) is 35.5 Å². The van der Waals surface area contributed by atoms with E-state index in [-0.39, 0.29) is 6.03 Å². The molecule has 132 valence electrons. The van der Waals surface area contributed by atoms with Crippen LogP contribution in [0.25, 0.3) is 10.9 Å². The van der Waals surface area contributed by atoms with Crippen LogP contribution in [0.4, 0.5) is 4.79 Å². The van der Waals surface area contributed by atoms with Gasteiger partial charge in [-0.05, 0) is 37.8 Å². The first-order valence-electron chi connectivity index (χ1n) is 9.45. The summed E-state index contributed by atoms with van der Waals surface area (Å²) in [5.41, 5.74) is 3.67. The van der Waals surface area contributed by atoms with E-state index in [0.717, 1.165) is 19.5 Å². The fraction of sp³-hybridized carbons (Fsp3) is 0.550. The lowest BCUT2D eigenvalue weighted by Gasteiger charge is -2.19. The molecule has 3 aliphatic rings. The molecule has 5 nitrogen and oxygen atoms in total. The van der Waals surface area contributed by atoms with Crippen LogP contribution >= 0.6 is 0 Å². The number of nitrogens with one attached hydrogen (secondary N) is 2. The first-order chi connectivity index (χ1) is 12.2. The van der Waals surface area contributed by atoms with Crippen molar-refractivity contribution in [1.29, 1.82) is 0 Å². The molecule has 5 rings (SSSR count). The van der Waals surface area contributed by atoms with Crippen molar-refractivity contribution in [2.75, 3.05) is 19.6 Å². The maximum absolute atomic E-state index is 12.6. The Morgan fingerprint density at radius 3 is 2.72 bits per heavy atom. The van der Waals surface area contributed by atoms with E-state index < -0.39 is 0 Å². The summed E-state index contributed by atoms with van der Waals surface area (Å²) >= 11 is 0. The SMILES string of the molecule is Cc1[nH]c2ccccc2c1CCNC(=O)N1C[C@@H]2[C@@H](C1)[C@H]1CC[C@H]2O1. The molecule has 2 N–H and O–H groups in total. The Hall–Kier alpha value is -2.01. The van der Waals surface area contributed by atoms with E-state index >= 15 is 0 Å². The number of aromatic amines is 1. The number of nitrogens with zero attached hydrogens (tertiary/aromatic N) is 1. The fourth-order valence-electron chi connectivity index (χ4n) is 5.19. The van der Waals surface area contributed by atoms with E-state index in [2.05, 4.69) is 35.4 Å². The molecule has 3 fully saturated rings. The van der Waals surface area contributed by atoms with Gasteiger partial charge in [0, 0.05) is 48.1 Å². The summed E-state index contributed by atoms with van der Waals surface area (Å²) in [6.07, 6.45) is 4.03. The number of aromatic nitrogens is 1. The number of benzene rings is 1. The normalized spacial score (nSPS) is 30.2. The molecule has 25 heavy (non-hydrogen) atoms. The zero-order valence-electron chi connectivity index (χ0n) is 14.6. The highest BCUT2D eigenvalue weighted by atomic mass is 16.5. The van der Waals surface area contributed by atoms with Crippen LogP contribution in [0.2, 0.25) is 0 Å². The van der Waals surface area contributed by atoms with E-state index in [0.29, 0.717) is 30.6 Å². The van der Waals surface area contributed by atoms with Gasteiger partial charge in [-0.15, -0.1) is 0 Å². The van der Waals surface area contributed by atoms with E-state index in [1.165, 1.54) is 35.0 Å². The van der Waals surface area contributed by atoms with Crippen molar-refractivity contribution in [1.82, 2.24) is 15.2 Å². The molecule has 2 amide bonds. The third kappa shape index (κ3) is 2.44. The van der Waals surface area contributed by atoms with Gasteiger partial charge in [0.1, 0.15) is 0 Å². The number of amides is 2. The molecule has 4 heterocycles. The zero-order chi connectivity index (χ0) is 17.0. The van der Waals surface area contributed by atoms with Crippen LogP contribution in [0, 0.1) is 18.8 Å². The summed E-state index contributed by atoms with van der Waals surface area (Å²) in [7, 11) is 0. The van der Waals surface area contributed by atoms with Gasteiger partial charge in [0.25, 0.3) is 0 Å². The minimum atomic E-state index is 0.0892. The van der Waals surface area contributed by atoms with Crippen molar-refractivity contribution < 1.29 is 9.53 Å². The number of urea groups is 1. The van der Waals surface area contributed by atoms with Crippen LogP contribution in [0.15, 0.2) is 24.3 Å². The Balaban J connectivity index is 1.19. The second-order valence-electron chi connectivity index (χ2n) is 7.78. The molecule has 0 aliphatic carbocycles. The molecule has 1 aromatic carbocycles. The van der Waals surface area contributed by atoms with Gasteiger partial charge in [-0.25, -0.2) is 4.79 Å². The largest absolute Gasteiger partial charge is 0.374 e. The molecule has 2 bridgehead atoms. The molecule has 4 atom stereocenters. The predicted molar refractivity (Wildman–Crippen MR) is 96.6 cm³/mol. The average molecular weight is 339 g/mol. The van der Waals surface area contributed by atoms with Crippen molar-refractivity contribution in [3.8, 4) is 0 Å². The number of rotatable bonds is 3. The highest BCUT2D eigenvalue weighted by molar-refractivity contribution is 5.84. The zero-order valence-corrected chi connectivity index (χ0v) is 14.6. The molecule has 3 saturated heterocycles. The van der Waals surface area contributed by atoms with E-state index in [1.807, 2.05) is 11.0 Å². The van der Waals surface area contributed by atoms with Gasteiger partial charge in [-0.1, -0.05) is 18.2 Å². The van der Waals surface area contributed by atoms with Gasteiger partial charge in [0.05, 0.1) is 12.2 Å². The summed E-state index contributed by atoms with van der Waals surface area (Å²) in [4.78, 5) is 18.0. The predicted octanol–water partition coefficient (Wildman–Crippen LogP) is 2.84. The average Bonchev–Trinajstić information content (AvgIpc) is 3.35. The van der Waals surface area contributed by atoms with E-state index in [1.54, 1.807) is 0 Å². The van der Waals surface area contributed by atoms with Crippen molar-refractivity contribution in [2.45, 2.75) is 38.4 Å². The molecular weight excluding hydrogens is 314 g/mol. The van der Waals surface area contributed by atoms with Crippen LogP contribution in [0.5, 0.6) is 0 Å². The fourth-order valence-corrected chi connectivity index (χ4v) is 5.19. The highest BCUT2D eigenvalue weighted by Gasteiger charge is 2.53. The summed E-state index contributed by atoms with van der Waals surface area (Å²) in [6, 6.07) is 8.45. The maximum Gasteiger partial charge on any atom is 0.317 e. The van der Waals surface area contributed by atoms with Gasteiger partial charge in [0.15, 0.2) is 0 Å². The molecule has 1 aromatic heterocycles. The molecule has 0 saturated carbocycles. The number of likely N-dealkylation sites (tertiary alicyclic amines) is 1. The molecule has 0 radical (unpaired) electrons. The minimum Gasteiger partial charge on any atom is -0.374 e. The number of hydrogen-bond donors (Lipinski definition) is 2. The first kappa shape index (κ1) is 15.3. The van der Waals surface area contributed by atoms with E-state index in [9.17, 15) is 4.79 Å². The van der Waals surface area contributed by atoms with Crippen LogP contribution in [-0.2, 0) is 11.2 Å². The lowest BCUT2D eigenvalue weighted by Crippen LogP contribution is -2.40. The molecule has 0 spiro atoms. The number of para-hydroxylation sites is 1. The summed E-state index contributed by atoms with van der Waals surface area (Å²) in [6.45, 7) is 4.51. The van der Waals surface area contributed by atoms with Gasteiger partial charge in [-0.2, -0.15) is 0 Å². The van der Waals surface area contributed by atoms with Crippen molar-refractivity contribution in [2.24, 2.45) is 11.8 Å². The number of ether oxygens (including phenoxy) is 1. The van der Waals surface area contributed by atoms with Crippen LogP contribution in [0.3, 0.4) is 0 Å². The standard InChI is InChI=1S/C20H25N3O2/c1-12-13(14-4-2-3-5-17(14)22-12)8-9-21-20(24)23-10-15-16(11-23)19-7-6-18(15)25-19/h2-5,15-16,18-19,22H,6-11H2,1H3,(H,21,24)/t15-,16-,18-,19-/m1/s1. The quantitative estimate of drug-likeness (QED) is 0.903. The van der Waals surface area contributed by atoms with Gasteiger partial charge in [0.2, 0.25) is 0 Å². The van der Waals surface area contributed by atoms with Gasteiger partial charge in [-0.3, -0.25) is 0 Å². The Bertz CT molecular complexity index is 796. The Labute approximate surface area is 147 Å². The molecule has 0 unspecified atom stereocenters. The highest BCUT2D eigenvalue weighted by Crippen LogP contribution is 2.47. The smallest absolute Gasteiger partial charge is 0.317 e. The number of fused-ring (bicyclic) bond motifs is 6. The number of aryl methyl sites for hydroxylation is 1.